The molecule has 3 N–H and O–H groups in total. The van der Waals surface area contributed by atoms with Gasteiger partial charge in [0.25, 0.3) is 0 Å². The Morgan fingerprint density at radius 2 is 1.84 bits per heavy atom. The number of likely N-dealkylation sites (N-methyl/N-ethyl adjacent to an activating group) is 1. The van der Waals surface area contributed by atoms with Gasteiger partial charge in [-0.1, -0.05) is 27.7 Å². The smallest absolute Gasteiger partial charge is 0.320 e. The van der Waals surface area contributed by atoms with Crippen LogP contribution in [0.15, 0.2) is 0 Å². The number of amides is 1. The third-order valence-electron chi connectivity index (χ3n) is 2.68. The zero-order valence-corrected chi connectivity index (χ0v) is 12.6. The van der Waals surface area contributed by atoms with Crippen molar-refractivity contribution in [3.05, 3.63) is 0 Å². The van der Waals surface area contributed by atoms with Crippen LogP contribution in [0.5, 0.6) is 0 Å². The number of rotatable bonds is 9. The second-order valence-corrected chi connectivity index (χ2v) is 6.03. The number of hydrogen-bond donors (Lipinski definition) is 3. The topological polar surface area (TPSA) is 78.4 Å². The first kappa shape index (κ1) is 17.9. The van der Waals surface area contributed by atoms with Gasteiger partial charge >= 0.3 is 5.97 Å². The summed E-state index contributed by atoms with van der Waals surface area (Å²) in [4.78, 5) is 22.4. The molecule has 0 aliphatic heterocycles. The number of carbonyl (C=O) groups excluding carboxylic acids is 1. The Morgan fingerprint density at radius 1 is 1.21 bits per heavy atom. The van der Waals surface area contributed by atoms with Crippen LogP contribution in [-0.4, -0.2) is 36.1 Å². The highest BCUT2D eigenvalue weighted by atomic mass is 16.4. The maximum Gasteiger partial charge on any atom is 0.320 e. The van der Waals surface area contributed by atoms with Gasteiger partial charge in [0.1, 0.15) is 6.04 Å². The molecule has 0 aliphatic rings. The van der Waals surface area contributed by atoms with E-state index in [0.717, 1.165) is 12.8 Å². The zero-order valence-electron chi connectivity index (χ0n) is 12.6. The van der Waals surface area contributed by atoms with Crippen LogP contribution < -0.4 is 10.6 Å². The van der Waals surface area contributed by atoms with Crippen molar-refractivity contribution in [3.63, 3.8) is 0 Å². The largest absolute Gasteiger partial charge is 0.480 e. The van der Waals surface area contributed by atoms with Crippen LogP contribution in [0.2, 0.25) is 0 Å². The highest BCUT2D eigenvalue weighted by molar-refractivity contribution is 5.76. The molecule has 19 heavy (non-hydrogen) atoms. The molecule has 5 heteroatoms. The molecule has 1 amide bonds. The Balaban J connectivity index is 3.69. The van der Waals surface area contributed by atoms with Gasteiger partial charge in [0.15, 0.2) is 0 Å². The summed E-state index contributed by atoms with van der Waals surface area (Å²) < 4.78 is 0. The van der Waals surface area contributed by atoms with E-state index in [1.54, 1.807) is 0 Å². The summed E-state index contributed by atoms with van der Waals surface area (Å²) in [5.41, 5.74) is 0.00350. The van der Waals surface area contributed by atoms with E-state index in [-0.39, 0.29) is 11.3 Å². The van der Waals surface area contributed by atoms with Crippen LogP contribution in [0.4, 0.5) is 0 Å². The van der Waals surface area contributed by atoms with Gasteiger partial charge < -0.3 is 15.7 Å². The molecule has 112 valence electrons. The predicted octanol–water partition coefficient (Wildman–Crippen LogP) is 1.77. The molecule has 0 unspecified atom stereocenters. The third kappa shape index (κ3) is 10.5. The molecule has 0 saturated carbocycles. The minimum atomic E-state index is -0.807. The molecule has 0 aromatic rings. The summed E-state index contributed by atoms with van der Waals surface area (Å²) in [6.07, 6.45) is 2.71. The molecule has 0 spiro atoms. The Kier molecular flexibility index (Phi) is 8.39. The highest BCUT2D eigenvalue weighted by Gasteiger charge is 2.16. The molecule has 0 fully saturated rings. The standard InChI is InChI=1S/C14H28N2O3/c1-5-15-11(13(18)19)8-6-7-9-16-12(17)10-14(2,3)4/h11,15H,5-10H2,1-4H3,(H,16,17)(H,18,19)/t11-/m1/s1. The monoisotopic (exact) mass is 272 g/mol. The number of carbonyl (C=O) groups is 2. The molecule has 0 aromatic heterocycles. The minimum absolute atomic E-state index is 0.00350. The second-order valence-electron chi connectivity index (χ2n) is 6.03. The minimum Gasteiger partial charge on any atom is -0.480 e. The lowest BCUT2D eigenvalue weighted by molar-refractivity contribution is -0.139. The predicted molar refractivity (Wildman–Crippen MR) is 76.0 cm³/mol. The van der Waals surface area contributed by atoms with E-state index in [0.29, 0.717) is 25.9 Å². The first-order chi connectivity index (χ1) is 8.76. The maximum atomic E-state index is 11.5. The number of carboxylic acids is 1. The van der Waals surface area contributed by atoms with Crippen molar-refractivity contribution in [3.8, 4) is 0 Å². The van der Waals surface area contributed by atoms with E-state index in [1.807, 2.05) is 27.7 Å². The molecule has 0 rings (SSSR count). The number of hydrogen-bond acceptors (Lipinski definition) is 3. The molecule has 0 radical (unpaired) electrons. The van der Waals surface area contributed by atoms with Crippen molar-refractivity contribution in [2.24, 2.45) is 5.41 Å². The van der Waals surface area contributed by atoms with Gasteiger partial charge in [-0.2, -0.15) is 0 Å². The van der Waals surface area contributed by atoms with Crippen LogP contribution in [0, 0.1) is 5.41 Å². The van der Waals surface area contributed by atoms with Crippen LogP contribution in [0.3, 0.4) is 0 Å². The average molecular weight is 272 g/mol. The van der Waals surface area contributed by atoms with E-state index in [9.17, 15) is 9.59 Å². The molecule has 1 atom stereocenters. The molecule has 0 aromatic carbocycles. The fourth-order valence-corrected chi connectivity index (χ4v) is 1.80. The maximum absolute atomic E-state index is 11.5. The molecule has 0 heterocycles. The molecule has 0 saturated heterocycles. The summed E-state index contributed by atoms with van der Waals surface area (Å²) in [5.74, 6) is -0.743. The highest BCUT2D eigenvalue weighted by Crippen LogP contribution is 2.17. The Morgan fingerprint density at radius 3 is 2.32 bits per heavy atom. The summed E-state index contributed by atoms with van der Waals surface area (Å²) in [5, 5.41) is 14.7. The van der Waals surface area contributed by atoms with E-state index < -0.39 is 12.0 Å². The summed E-state index contributed by atoms with van der Waals surface area (Å²) >= 11 is 0. The molecule has 0 aliphatic carbocycles. The Bertz CT molecular complexity index is 285. The number of nitrogens with one attached hydrogen (secondary N) is 2. The van der Waals surface area contributed by atoms with E-state index >= 15 is 0 Å². The second kappa shape index (κ2) is 8.91. The normalized spacial score (nSPS) is 13.1. The van der Waals surface area contributed by atoms with Crippen molar-refractivity contribution in [1.82, 2.24) is 10.6 Å². The van der Waals surface area contributed by atoms with Gasteiger partial charge in [-0.15, -0.1) is 0 Å². The van der Waals surface area contributed by atoms with Gasteiger partial charge in [0.05, 0.1) is 0 Å². The molecule has 5 nitrogen and oxygen atoms in total. The quantitative estimate of drug-likeness (QED) is 0.559. The van der Waals surface area contributed by atoms with E-state index in [1.165, 1.54) is 0 Å². The van der Waals surface area contributed by atoms with Crippen LogP contribution >= 0.6 is 0 Å². The van der Waals surface area contributed by atoms with Crippen molar-refractivity contribution in [2.45, 2.75) is 59.4 Å². The fraction of sp³-hybridized carbons (Fsp3) is 0.857. The van der Waals surface area contributed by atoms with E-state index in [4.69, 9.17) is 5.11 Å². The average Bonchev–Trinajstić information content (AvgIpc) is 2.24. The zero-order chi connectivity index (χ0) is 14.9. The van der Waals surface area contributed by atoms with Gasteiger partial charge in [0.2, 0.25) is 5.91 Å². The lowest BCUT2D eigenvalue weighted by atomic mass is 9.92. The SMILES string of the molecule is CCN[C@H](CCCCNC(=O)CC(C)(C)C)C(=O)O. The number of unbranched alkanes of at least 4 members (excludes halogenated alkanes) is 1. The lowest BCUT2D eigenvalue weighted by Crippen LogP contribution is -2.36. The van der Waals surface area contributed by atoms with Crippen molar-refractivity contribution < 1.29 is 14.7 Å². The third-order valence-corrected chi connectivity index (χ3v) is 2.68. The van der Waals surface area contributed by atoms with Gasteiger partial charge in [-0.05, 0) is 31.2 Å². The molecular formula is C14H28N2O3. The fourth-order valence-electron chi connectivity index (χ4n) is 1.80. The van der Waals surface area contributed by atoms with Crippen molar-refractivity contribution in [1.29, 1.82) is 0 Å². The van der Waals surface area contributed by atoms with Gasteiger partial charge in [-0.25, -0.2) is 0 Å². The Hall–Kier alpha value is -1.10. The molecule has 0 bridgehead atoms. The lowest BCUT2D eigenvalue weighted by Gasteiger charge is -2.17. The van der Waals surface area contributed by atoms with E-state index in [2.05, 4.69) is 10.6 Å². The number of carboxylic acid groups (broad SMARTS) is 1. The van der Waals surface area contributed by atoms with Crippen molar-refractivity contribution >= 4 is 11.9 Å². The number of aliphatic carboxylic acids is 1. The van der Waals surface area contributed by atoms with Gasteiger partial charge in [0, 0.05) is 13.0 Å². The first-order valence-electron chi connectivity index (χ1n) is 6.99. The van der Waals surface area contributed by atoms with Crippen molar-refractivity contribution in [2.75, 3.05) is 13.1 Å². The summed E-state index contributed by atoms with van der Waals surface area (Å²) in [6, 6.07) is -0.477. The summed E-state index contributed by atoms with van der Waals surface area (Å²) in [6.45, 7) is 9.25. The molecular weight excluding hydrogens is 244 g/mol. The van der Waals surface area contributed by atoms with Crippen LogP contribution in [-0.2, 0) is 9.59 Å². The first-order valence-corrected chi connectivity index (χ1v) is 6.99. The van der Waals surface area contributed by atoms with Crippen LogP contribution in [0.1, 0.15) is 53.4 Å². The summed E-state index contributed by atoms with van der Waals surface area (Å²) in [7, 11) is 0. The van der Waals surface area contributed by atoms with Crippen LogP contribution in [0.25, 0.3) is 0 Å². The Labute approximate surface area is 116 Å². The van der Waals surface area contributed by atoms with Gasteiger partial charge in [-0.3, -0.25) is 9.59 Å².